The number of hydrogen-bond donors (Lipinski definition) is 2. The standard InChI is InChI=1S/C26H31N7O3S/c1-16-14-33(26(35)17(2)34)7-6-32(16)15-18-12-22-23(37-18)25(31-8-10-36-11-9-31)29-24(28-22)19-4-3-5-21-20(19)13-27-30-21/h3-5,12-13,16-17,34H,6-11,14-15H2,1-2H3,(H,27,30). The highest BCUT2D eigenvalue weighted by Gasteiger charge is 2.29. The molecule has 4 aromatic rings. The third kappa shape index (κ3) is 4.68. The summed E-state index contributed by atoms with van der Waals surface area (Å²) >= 11 is 1.75. The summed E-state index contributed by atoms with van der Waals surface area (Å²) in [6.07, 6.45) is 0.871. The Balaban J connectivity index is 1.34. The largest absolute Gasteiger partial charge is 0.384 e. The monoisotopic (exact) mass is 521 g/mol. The molecule has 2 saturated heterocycles. The van der Waals surface area contributed by atoms with Crippen LogP contribution in [0.25, 0.3) is 32.5 Å². The van der Waals surface area contributed by atoms with E-state index in [0.717, 1.165) is 58.7 Å². The third-order valence-electron chi connectivity index (χ3n) is 7.23. The molecule has 2 fully saturated rings. The molecule has 0 saturated carbocycles. The molecular weight excluding hydrogens is 490 g/mol. The molecule has 2 atom stereocenters. The third-order valence-corrected chi connectivity index (χ3v) is 8.34. The number of aromatic amines is 1. The van der Waals surface area contributed by atoms with Crippen LogP contribution in [0.5, 0.6) is 0 Å². The normalized spacial score (nSPS) is 20.1. The molecule has 2 unspecified atom stereocenters. The molecule has 11 heteroatoms. The van der Waals surface area contributed by atoms with E-state index in [9.17, 15) is 9.90 Å². The first-order chi connectivity index (χ1) is 18.0. The van der Waals surface area contributed by atoms with Gasteiger partial charge < -0.3 is 19.6 Å². The van der Waals surface area contributed by atoms with E-state index in [0.29, 0.717) is 32.1 Å². The Kier molecular flexibility index (Phi) is 6.53. The van der Waals surface area contributed by atoms with Crippen molar-refractivity contribution in [3.8, 4) is 11.4 Å². The van der Waals surface area contributed by atoms with Crippen LogP contribution >= 0.6 is 11.3 Å². The summed E-state index contributed by atoms with van der Waals surface area (Å²) in [6, 6.07) is 8.43. The maximum Gasteiger partial charge on any atom is 0.251 e. The zero-order chi connectivity index (χ0) is 25.5. The maximum absolute atomic E-state index is 12.3. The Hall–Kier alpha value is -3.12. The summed E-state index contributed by atoms with van der Waals surface area (Å²) in [4.78, 5) is 30.0. The van der Waals surface area contributed by atoms with Crippen LogP contribution in [0.15, 0.2) is 30.5 Å². The summed E-state index contributed by atoms with van der Waals surface area (Å²) in [7, 11) is 0. The minimum absolute atomic E-state index is 0.195. The number of hydrogen-bond acceptors (Lipinski definition) is 9. The van der Waals surface area contributed by atoms with Crippen molar-refractivity contribution < 1.29 is 14.6 Å². The first-order valence-corrected chi connectivity index (χ1v) is 13.6. The molecule has 5 heterocycles. The van der Waals surface area contributed by atoms with Crippen LogP contribution in [0.2, 0.25) is 0 Å². The zero-order valence-corrected chi connectivity index (χ0v) is 21.9. The number of piperazine rings is 1. The zero-order valence-electron chi connectivity index (χ0n) is 21.1. The lowest BCUT2D eigenvalue weighted by molar-refractivity contribution is -0.142. The van der Waals surface area contributed by atoms with Crippen molar-refractivity contribution in [3.05, 3.63) is 35.3 Å². The number of nitrogens with one attached hydrogen (secondary N) is 1. The molecule has 2 N–H and O–H groups in total. The number of anilines is 1. The number of amides is 1. The number of fused-ring (bicyclic) bond motifs is 2. The van der Waals surface area contributed by atoms with Crippen molar-refractivity contribution in [1.82, 2.24) is 30.0 Å². The maximum atomic E-state index is 12.3. The summed E-state index contributed by atoms with van der Waals surface area (Å²) < 4.78 is 6.70. The number of morpholine rings is 1. The average molecular weight is 522 g/mol. The van der Waals surface area contributed by atoms with E-state index in [1.807, 2.05) is 24.4 Å². The Bertz CT molecular complexity index is 1430. The van der Waals surface area contributed by atoms with Gasteiger partial charge in [-0.3, -0.25) is 14.8 Å². The fraction of sp³-hybridized carbons (Fsp3) is 0.462. The van der Waals surface area contributed by atoms with E-state index in [2.05, 4.69) is 33.0 Å². The lowest BCUT2D eigenvalue weighted by Crippen LogP contribution is -2.54. The summed E-state index contributed by atoms with van der Waals surface area (Å²) in [5.74, 6) is 1.46. The van der Waals surface area contributed by atoms with Gasteiger partial charge in [0.1, 0.15) is 6.10 Å². The van der Waals surface area contributed by atoms with Crippen LogP contribution in [-0.4, -0.2) is 99.1 Å². The number of H-pyrrole nitrogens is 1. The van der Waals surface area contributed by atoms with E-state index in [1.54, 1.807) is 16.2 Å². The minimum Gasteiger partial charge on any atom is -0.384 e. The number of rotatable bonds is 5. The molecule has 10 nitrogen and oxygen atoms in total. The van der Waals surface area contributed by atoms with Crippen molar-refractivity contribution in [2.75, 3.05) is 50.8 Å². The molecule has 1 amide bonds. The molecule has 3 aromatic heterocycles. The minimum atomic E-state index is -0.958. The predicted octanol–water partition coefficient (Wildman–Crippen LogP) is 2.48. The van der Waals surface area contributed by atoms with Gasteiger partial charge in [-0.05, 0) is 26.0 Å². The topological polar surface area (TPSA) is 111 Å². The van der Waals surface area contributed by atoms with Crippen molar-refractivity contribution in [1.29, 1.82) is 0 Å². The molecule has 6 rings (SSSR count). The second-order valence-corrected chi connectivity index (χ2v) is 11.0. The average Bonchev–Trinajstić information content (AvgIpc) is 3.56. The van der Waals surface area contributed by atoms with Crippen LogP contribution in [0.4, 0.5) is 5.82 Å². The van der Waals surface area contributed by atoms with Crippen LogP contribution in [0, 0.1) is 0 Å². The quantitative estimate of drug-likeness (QED) is 0.412. The second kappa shape index (κ2) is 9.97. The fourth-order valence-electron chi connectivity index (χ4n) is 5.21. The van der Waals surface area contributed by atoms with Gasteiger partial charge >= 0.3 is 0 Å². The smallest absolute Gasteiger partial charge is 0.251 e. The second-order valence-electron chi connectivity index (χ2n) is 9.81. The predicted molar refractivity (Wildman–Crippen MR) is 144 cm³/mol. The van der Waals surface area contributed by atoms with Gasteiger partial charge in [0.2, 0.25) is 0 Å². The van der Waals surface area contributed by atoms with Gasteiger partial charge in [-0.2, -0.15) is 5.10 Å². The van der Waals surface area contributed by atoms with E-state index in [4.69, 9.17) is 14.7 Å². The van der Waals surface area contributed by atoms with E-state index < -0.39 is 6.10 Å². The molecule has 0 bridgehead atoms. The number of benzene rings is 1. The molecule has 37 heavy (non-hydrogen) atoms. The fourth-order valence-corrected chi connectivity index (χ4v) is 6.35. The van der Waals surface area contributed by atoms with Gasteiger partial charge in [-0.1, -0.05) is 12.1 Å². The Morgan fingerprint density at radius 3 is 2.86 bits per heavy atom. The Morgan fingerprint density at radius 2 is 2.08 bits per heavy atom. The Labute approximate surface area is 218 Å². The van der Waals surface area contributed by atoms with Gasteiger partial charge in [0, 0.05) is 61.1 Å². The summed E-state index contributed by atoms with van der Waals surface area (Å²) in [6.45, 7) is 9.42. The Morgan fingerprint density at radius 1 is 1.24 bits per heavy atom. The molecule has 194 valence electrons. The number of aliphatic hydroxyl groups excluding tert-OH is 1. The van der Waals surface area contributed by atoms with Gasteiger partial charge in [0.15, 0.2) is 11.6 Å². The van der Waals surface area contributed by atoms with E-state index in [1.165, 1.54) is 11.8 Å². The van der Waals surface area contributed by atoms with Crippen LogP contribution in [0.1, 0.15) is 18.7 Å². The number of thiophene rings is 1. The summed E-state index contributed by atoms with van der Waals surface area (Å²) in [5.41, 5.74) is 2.87. The molecule has 2 aliphatic rings. The number of aliphatic hydroxyl groups is 1. The van der Waals surface area contributed by atoms with E-state index in [-0.39, 0.29) is 11.9 Å². The van der Waals surface area contributed by atoms with Gasteiger partial charge in [-0.15, -0.1) is 11.3 Å². The van der Waals surface area contributed by atoms with Gasteiger partial charge in [-0.25, -0.2) is 9.97 Å². The highest BCUT2D eigenvalue weighted by molar-refractivity contribution is 7.19. The first-order valence-electron chi connectivity index (χ1n) is 12.7. The van der Waals surface area contributed by atoms with Crippen molar-refractivity contribution in [2.24, 2.45) is 0 Å². The molecule has 2 aliphatic heterocycles. The van der Waals surface area contributed by atoms with E-state index >= 15 is 0 Å². The number of aromatic nitrogens is 4. The SMILES string of the molecule is CC(O)C(=O)N1CCN(Cc2cc3nc(-c4cccc5[nH]ncc45)nc(N4CCOCC4)c3s2)C(C)C1. The number of carbonyl (C=O) groups excluding carboxylic acids is 1. The van der Waals surface area contributed by atoms with Gasteiger partial charge in [0.05, 0.1) is 35.1 Å². The van der Waals surface area contributed by atoms with Crippen LogP contribution in [-0.2, 0) is 16.1 Å². The number of ether oxygens (including phenoxy) is 1. The lowest BCUT2D eigenvalue weighted by atomic mass is 10.1. The summed E-state index contributed by atoms with van der Waals surface area (Å²) in [5, 5.41) is 18.0. The molecular formula is C26H31N7O3S. The first kappa shape index (κ1) is 24.2. The van der Waals surface area contributed by atoms with Gasteiger partial charge in [0.25, 0.3) is 5.91 Å². The highest BCUT2D eigenvalue weighted by Crippen LogP contribution is 2.36. The number of nitrogens with zero attached hydrogens (tertiary/aromatic N) is 6. The van der Waals surface area contributed by atoms with Crippen molar-refractivity contribution in [2.45, 2.75) is 32.5 Å². The van der Waals surface area contributed by atoms with Crippen molar-refractivity contribution in [3.63, 3.8) is 0 Å². The lowest BCUT2D eigenvalue weighted by Gasteiger charge is -2.40. The molecule has 0 spiro atoms. The van der Waals surface area contributed by atoms with Crippen molar-refractivity contribution >= 4 is 44.2 Å². The molecule has 1 aromatic carbocycles. The number of carbonyl (C=O) groups is 1. The molecule has 0 radical (unpaired) electrons. The van der Waals surface area contributed by atoms with Crippen LogP contribution < -0.4 is 4.90 Å². The molecule has 0 aliphatic carbocycles. The highest BCUT2D eigenvalue weighted by atomic mass is 32.1. The van der Waals surface area contributed by atoms with Crippen LogP contribution in [0.3, 0.4) is 0 Å².